The van der Waals surface area contributed by atoms with Gasteiger partial charge in [-0.2, -0.15) is 0 Å². The first-order valence-electron chi connectivity index (χ1n) is 5.65. The molecular formula is C12H29N. The highest BCUT2D eigenvalue weighted by molar-refractivity contribution is 4.75. The number of hydrogen-bond donors (Lipinski definition) is 1. The molecule has 82 valence electrons. The SMILES string of the molecule is C/C=C\CCCCC.CCNCC.[HH]. The lowest BCUT2D eigenvalue weighted by Crippen LogP contribution is -2.09. The van der Waals surface area contributed by atoms with Crippen LogP contribution in [0.2, 0.25) is 0 Å². The maximum atomic E-state index is 3.11. The molecule has 0 aliphatic rings. The molecule has 0 aromatic carbocycles. The average molecular weight is 187 g/mol. The fourth-order valence-electron chi connectivity index (χ4n) is 0.929. The van der Waals surface area contributed by atoms with Crippen LogP contribution in [0.1, 0.15) is 54.8 Å². The predicted octanol–water partition coefficient (Wildman–Crippen LogP) is 4.00. The van der Waals surface area contributed by atoms with E-state index in [0.29, 0.717) is 0 Å². The van der Waals surface area contributed by atoms with Crippen molar-refractivity contribution in [3.8, 4) is 0 Å². The number of hydrogen-bond acceptors (Lipinski definition) is 1. The molecule has 0 aliphatic heterocycles. The van der Waals surface area contributed by atoms with E-state index in [-0.39, 0.29) is 1.43 Å². The Bertz CT molecular complexity index is 90.3. The molecule has 0 bridgehead atoms. The summed E-state index contributed by atoms with van der Waals surface area (Å²) in [6.45, 7) is 10.7. The zero-order valence-electron chi connectivity index (χ0n) is 9.90. The van der Waals surface area contributed by atoms with Gasteiger partial charge in [0.05, 0.1) is 0 Å². The van der Waals surface area contributed by atoms with E-state index in [9.17, 15) is 0 Å². The van der Waals surface area contributed by atoms with Crippen molar-refractivity contribution in [2.24, 2.45) is 0 Å². The van der Waals surface area contributed by atoms with Gasteiger partial charge in [-0.25, -0.2) is 0 Å². The van der Waals surface area contributed by atoms with E-state index in [4.69, 9.17) is 0 Å². The summed E-state index contributed by atoms with van der Waals surface area (Å²) < 4.78 is 0. The van der Waals surface area contributed by atoms with E-state index >= 15 is 0 Å². The Morgan fingerprint density at radius 3 is 2.00 bits per heavy atom. The molecule has 0 aromatic heterocycles. The summed E-state index contributed by atoms with van der Waals surface area (Å²) in [5.41, 5.74) is 0. The largest absolute Gasteiger partial charge is 0.317 e. The van der Waals surface area contributed by atoms with Crippen LogP contribution in [0, 0.1) is 0 Å². The van der Waals surface area contributed by atoms with Crippen LogP contribution < -0.4 is 5.32 Å². The topological polar surface area (TPSA) is 12.0 Å². The van der Waals surface area contributed by atoms with Crippen molar-refractivity contribution in [1.82, 2.24) is 5.32 Å². The summed E-state index contributed by atoms with van der Waals surface area (Å²) in [5, 5.41) is 3.11. The third-order valence-corrected chi connectivity index (χ3v) is 1.71. The van der Waals surface area contributed by atoms with Gasteiger partial charge >= 0.3 is 0 Å². The van der Waals surface area contributed by atoms with Gasteiger partial charge in [0.15, 0.2) is 0 Å². The van der Waals surface area contributed by atoms with Crippen molar-refractivity contribution in [1.29, 1.82) is 0 Å². The maximum absolute atomic E-state index is 3.11. The molecule has 0 fully saturated rings. The molecule has 0 rings (SSSR count). The molecular weight excluding hydrogens is 158 g/mol. The van der Waals surface area contributed by atoms with Gasteiger partial charge in [0.2, 0.25) is 0 Å². The van der Waals surface area contributed by atoms with E-state index in [2.05, 4.69) is 45.2 Å². The van der Waals surface area contributed by atoms with E-state index in [1.54, 1.807) is 0 Å². The van der Waals surface area contributed by atoms with Gasteiger partial charge in [0.25, 0.3) is 0 Å². The normalized spacial score (nSPS) is 9.85. The lowest BCUT2D eigenvalue weighted by Gasteiger charge is -1.88. The molecule has 1 nitrogen and oxygen atoms in total. The van der Waals surface area contributed by atoms with Crippen LogP contribution >= 0.6 is 0 Å². The van der Waals surface area contributed by atoms with Gasteiger partial charge in [-0.1, -0.05) is 45.8 Å². The van der Waals surface area contributed by atoms with Crippen molar-refractivity contribution in [3.63, 3.8) is 0 Å². The van der Waals surface area contributed by atoms with Crippen LogP contribution in [0.5, 0.6) is 0 Å². The second-order valence-electron chi connectivity index (χ2n) is 3.02. The third kappa shape index (κ3) is 24.5. The summed E-state index contributed by atoms with van der Waals surface area (Å²) in [6.07, 6.45) is 9.69. The Balaban J connectivity index is -0.000000177. The first-order valence-corrected chi connectivity index (χ1v) is 5.65. The standard InChI is InChI=1S/C8H16.C4H11N.H2/c1-3-5-7-8-6-4-2;1-3-5-4-2;/h3,5H,4,6-8H2,1-2H3;5H,3-4H2,1-2H3;1H/b5-3-;;. The quantitative estimate of drug-likeness (QED) is 0.489. The van der Waals surface area contributed by atoms with Crippen molar-refractivity contribution in [2.45, 2.75) is 53.4 Å². The lowest BCUT2D eigenvalue weighted by atomic mass is 10.2. The molecule has 0 unspecified atom stereocenters. The second-order valence-corrected chi connectivity index (χ2v) is 3.02. The highest BCUT2D eigenvalue weighted by Gasteiger charge is 1.78. The molecule has 0 aromatic rings. The van der Waals surface area contributed by atoms with Gasteiger partial charge in [0, 0.05) is 1.43 Å². The summed E-state index contributed by atoms with van der Waals surface area (Å²) in [7, 11) is 0. The van der Waals surface area contributed by atoms with E-state index in [0.717, 1.165) is 13.1 Å². The summed E-state index contributed by atoms with van der Waals surface area (Å²) in [5.74, 6) is 0. The fraction of sp³-hybridized carbons (Fsp3) is 0.833. The summed E-state index contributed by atoms with van der Waals surface area (Å²) in [4.78, 5) is 0. The summed E-state index contributed by atoms with van der Waals surface area (Å²) >= 11 is 0. The monoisotopic (exact) mass is 187 g/mol. The van der Waals surface area contributed by atoms with Gasteiger partial charge in [0.1, 0.15) is 0 Å². The zero-order valence-corrected chi connectivity index (χ0v) is 9.90. The van der Waals surface area contributed by atoms with Crippen molar-refractivity contribution < 1.29 is 1.43 Å². The Labute approximate surface area is 86.1 Å². The van der Waals surface area contributed by atoms with E-state index in [1.165, 1.54) is 25.7 Å². The Hall–Kier alpha value is -0.300. The Morgan fingerprint density at radius 2 is 1.69 bits per heavy atom. The minimum atomic E-state index is 0. The molecule has 0 atom stereocenters. The van der Waals surface area contributed by atoms with Crippen LogP contribution in [0.3, 0.4) is 0 Å². The van der Waals surface area contributed by atoms with Crippen molar-refractivity contribution >= 4 is 0 Å². The molecule has 0 heterocycles. The van der Waals surface area contributed by atoms with Gasteiger partial charge in [-0.3, -0.25) is 0 Å². The molecule has 0 radical (unpaired) electrons. The third-order valence-electron chi connectivity index (χ3n) is 1.71. The minimum Gasteiger partial charge on any atom is -0.317 e. The van der Waals surface area contributed by atoms with Crippen LogP contribution in [0.15, 0.2) is 12.2 Å². The zero-order chi connectivity index (χ0) is 10.4. The molecule has 0 saturated carbocycles. The van der Waals surface area contributed by atoms with Crippen molar-refractivity contribution in [3.05, 3.63) is 12.2 Å². The number of unbranched alkanes of at least 4 members (excludes halogenated alkanes) is 3. The maximum Gasteiger partial charge on any atom is 0 e. The van der Waals surface area contributed by atoms with Crippen LogP contribution in [0.25, 0.3) is 0 Å². The highest BCUT2D eigenvalue weighted by atomic mass is 14.8. The molecule has 1 heteroatoms. The molecule has 0 saturated heterocycles. The molecule has 0 spiro atoms. The molecule has 0 amide bonds. The number of allylic oxidation sites excluding steroid dienone is 2. The minimum absolute atomic E-state index is 0. The lowest BCUT2D eigenvalue weighted by molar-refractivity contribution is 0.729. The summed E-state index contributed by atoms with van der Waals surface area (Å²) in [6, 6.07) is 0. The van der Waals surface area contributed by atoms with E-state index < -0.39 is 0 Å². The smallest absolute Gasteiger partial charge is 0 e. The predicted molar refractivity (Wildman–Crippen MR) is 65.3 cm³/mol. The molecule has 0 aliphatic carbocycles. The average Bonchev–Trinajstić information content (AvgIpc) is 2.15. The van der Waals surface area contributed by atoms with E-state index in [1.807, 2.05) is 0 Å². The second kappa shape index (κ2) is 17.7. The Morgan fingerprint density at radius 1 is 1.08 bits per heavy atom. The first kappa shape index (κ1) is 15.2. The molecule has 1 N–H and O–H groups in total. The van der Waals surface area contributed by atoms with Crippen LogP contribution in [-0.2, 0) is 0 Å². The van der Waals surface area contributed by atoms with Crippen LogP contribution in [-0.4, -0.2) is 13.1 Å². The van der Waals surface area contributed by atoms with Crippen LogP contribution in [0.4, 0.5) is 0 Å². The highest BCUT2D eigenvalue weighted by Crippen LogP contribution is 1.98. The number of nitrogens with one attached hydrogen (secondary N) is 1. The van der Waals surface area contributed by atoms with Gasteiger partial charge < -0.3 is 5.32 Å². The van der Waals surface area contributed by atoms with Crippen molar-refractivity contribution in [2.75, 3.05) is 13.1 Å². The first-order chi connectivity index (χ1) is 6.33. The van der Waals surface area contributed by atoms with Gasteiger partial charge in [-0.05, 0) is 32.9 Å². The Kier molecular flexibility index (Phi) is 20.7. The molecule has 13 heavy (non-hydrogen) atoms. The fourth-order valence-corrected chi connectivity index (χ4v) is 0.929. The number of rotatable bonds is 6. The van der Waals surface area contributed by atoms with Gasteiger partial charge in [-0.15, -0.1) is 0 Å².